The summed E-state index contributed by atoms with van der Waals surface area (Å²) in [5, 5.41) is 3.64. The molecule has 0 spiro atoms. The Labute approximate surface area is 148 Å². The van der Waals surface area contributed by atoms with Crippen LogP contribution in [0, 0.1) is 0 Å². The van der Waals surface area contributed by atoms with Gasteiger partial charge in [-0.05, 0) is 35.0 Å². The Balaban J connectivity index is 1.84. The van der Waals surface area contributed by atoms with Crippen molar-refractivity contribution in [3.05, 3.63) is 72.9 Å². The zero-order chi connectivity index (χ0) is 16.8. The highest BCUT2D eigenvalue weighted by molar-refractivity contribution is 6.10. The van der Waals surface area contributed by atoms with E-state index in [1.165, 1.54) is 27.4 Å². The summed E-state index contributed by atoms with van der Waals surface area (Å²) in [6, 6.07) is 23.5. The van der Waals surface area contributed by atoms with Crippen molar-refractivity contribution in [1.82, 2.24) is 18.9 Å². The van der Waals surface area contributed by atoms with Crippen LogP contribution in [-0.2, 0) is 0 Å². The normalized spacial score (nSPS) is 12.6. The van der Waals surface area contributed by atoms with Gasteiger partial charge in [-0.15, -0.1) is 0 Å². The van der Waals surface area contributed by atoms with E-state index in [-0.39, 0.29) is 0 Å². The first-order chi connectivity index (χ1) is 12.9. The number of fused-ring (bicyclic) bond motifs is 7. The Kier molecular flexibility index (Phi) is 2.00. The Morgan fingerprint density at radius 1 is 0.808 bits per heavy atom. The second kappa shape index (κ2) is 4.11. The van der Waals surface area contributed by atoms with Gasteiger partial charge in [-0.3, -0.25) is 8.97 Å². The second-order valence-electron chi connectivity index (χ2n) is 6.82. The molecule has 1 aliphatic rings. The van der Waals surface area contributed by atoms with Crippen LogP contribution in [0.25, 0.3) is 55.6 Å². The van der Waals surface area contributed by atoms with E-state index in [0.717, 1.165) is 28.2 Å². The van der Waals surface area contributed by atoms with Crippen LogP contribution in [0.1, 0.15) is 0 Å². The summed E-state index contributed by atoms with van der Waals surface area (Å²) in [5.41, 5.74) is 6.58. The van der Waals surface area contributed by atoms with Gasteiger partial charge in [-0.25, -0.2) is 9.97 Å². The molecule has 0 saturated carbocycles. The minimum Gasteiger partial charge on any atom is -0.293 e. The molecule has 0 amide bonds. The quantitative estimate of drug-likeness (QED) is 0.291. The molecule has 0 bridgehead atoms. The van der Waals surface area contributed by atoms with E-state index in [0.29, 0.717) is 0 Å². The van der Waals surface area contributed by atoms with Crippen LogP contribution in [0.2, 0.25) is 0 Å². The van der Waals surface area contributed by atoms with Crippen LogP contribution in [0.3, 0.4) is 0 Å². The molecule has 3 aromatic carbocycles. The van der Waals surface area contributed by atoms with Gasteiger partial charge in [0.2, 0.25) is 0 Å². The predicted molar refractivity (Wildman–Crippen MR) is 104 cm³/mol. The predicted octanol–water partition coefficient (Wildman–Crippen LogP) is 4.96. The maximum Gasteiger partial charge on any atom is 0.152 e. The van der Waals surface area contributed by atoms with Gasteiger partial charge in [0.25, 0.3) is 0 Å². The van der Waals surface area contributed by atoms with Crippen molar-refractivity contribution in [3.8, 4) is 17.1 Å². The monoisotopic (exact) mass is 332 g/mol. The average molecular weight is 332 g/mol. The van der Waals surface area contributed by atoms with Crippen molar-refractivity contribution in [1.29, 1.82) is 0 Å². The van der Waals surface area contributed by atoms with E-state index >= 15 is 0 Å². The molecule has 0 atom stereocenters. The molecule has 0 fully saturated rings. The first kappa shape index (κ1) is 12.7. The van der Waals surface area contributed by atoms with E-state index in [9.17, 15) is 0 Å². The summed E-state index contributed by atoms with van der Waals surface area (Å²) >= 11 is 0. The summed E-state index contributed by atoms with van der Waals surface area (Å²) < 4.78 is 4.52. The molecule has 0 N–H and O–H groups in total. The largest absolute Gasteiger partial charge is 0.293 e. The van der Waals surface area contributed by atoms with Gasteiger partial charge in [-0.2, -0.15) is 0 Å². The van der Waals surface area contributed by atoms with Crippen LogP contribution in [0.5, 0.6) is 0 Å². The number of para-hydroxylation sites is 1. The van der Waals surface area contributed by atoms with Crippen LogP contribution >= 0.6 is 0 Å². The first-order valence-corrected chi connectivity index (χ1v) is 8.70. The molecule has 120 valence electrons. The summed E-state index contributed by atoms with van der Waals surface area (Å²) in [6.07, 6.45) is 1.85. The van der Waals surface area contributed by atoms with Crippen molar-refractivity contribution in [2.24, 2.45) is 0 Å². The van der Waals surface area contributed by atoms with Gasteiger partial charge in [0, 0.05) is 17.1 Å². The van der Waals surface area contributed by atoms with Crippen LogP contribution in [-0.4, -0.2) is 18.9 Å². The molecule has 4 nitrogen and oxygen atoms in total. The summed E-state index contributed by atoms with van der Waals surface area (Å²) in [7, 11) is 0. The highest BCUT2D eigenvalue weighted by Crippen LogP contribution is 2.41. The molecule has 7 rings (SSSR count). The molecule has 4 heteroatoms. The van der Waals surface area contributed by atoms with Gasteiger partial charge in [0.15, 0.2) is 5.65 Å². The topological polar surface area (TPSA) is 35.1 Å². The molecule has 0 saturated heterocycles. The number of imidazole rings is 1. The standard InChI is InChI=1S/C22H12N4/c1-2-6-14-12-18-16(11-13(14)5-1)21-23-10-9-19-24-20-15-7-3-4-8-17(15)25(18)22(20)26(19)21/h1-12H. The fraction of sp³-hybridized carbons (Fsp3) is 0. The molecule has 0 unspecified atom stereocenters. The van der Waals surface area contributed by atoms with E-state index in [4.69, 9.17) is 9.97 Å². The van der Waals surface area contributed by atoms with Crippen LogP contribution in [0.4, 0.5) is 0 Å². The smallest absolute Gasteiger partial charge is 0.152 e. The number of benzene rings is 3. The zero-order valence-corrected chi connectivity index (χ0v) is 13.7. The number of hydrogen-bond acceptors (Lipinski definition) is 2. The Hall–Kier alpha value is -3.66. The van der Waals surface area contributed by atoms with Gasteiger partial charge in [-0.1, -0.05) is 42.5 Å². The molecule has 4 heterocycles. The molecule has 3 aromatic heterocycles. The van der Waals surface area contributed by atoms with Gasteiger partial charge >= 0.3 is 0 Å². The second-order valence-corrected chi connectivity index (χ2v) is 6.82. The van der Waals surface area contributed by atoms with Gasteiger partial charge < -0.3 is 0 Å². The van der Waals surface area contributed by atoms with Crippen LogP contribution in [0.15, 0.2) is 72.9 Å². The highest BCUT2D eigenvalue weighted by atomic mass is 15.2. The lowest BCUT2D eigenvalue weighted by molar-refractivity contribution is 1.02. The minimum absolute atomic E-state index is 0.943. The number of hydrogen-bond donors (Lipinski definition) is 0. The summed E-state index contributed by atoms with van der Waals surface area (Å²) in [5.74, 6) is 0.959. The Bertz CT molecular complexity index is 1530. The maximum atomic E-state index is 4.92. The number of aromatic nitrogens is 4. The average Bonchev–Trinajstić information content (AvgIpc) is 3.22. The molecule has 0 aliphatic carbocycles. The van der Waals surface area contributed by atoms with Crippen molar-refractivity contribution in [2.45, 2.75) is 0 Å². The van der Waals surface area contributed by atoms with Crippen molar-refractivity contribution in [2.75, 3.05) is 0 Å². The van der Waals surface area contributed by atoms with E-state index in [1.807, 2.05) is 12.3 Å². The molecule has 0 radical (unpaired) electrons. The summed E-state index contributed by atoms with van der Waals surface area (Å²) in [4.78, 5) is 9.64. The maximum absolute atomic E-state index is 4.92. The molecular weight excluding hydrogens is 320 g/mol. The van der Waals surface area contributed by atoms with E-state index in [1.54, 1.807) is 0 Å². The summed E-state index contributed by atoms with van der Waals surface area (Å²) in [6.45, 7) is 0. The van der Waals surface area contributed by atoms with E-state index in [2.05, 4.69) is 69.6 Å². The molecular formula is C22H12N4. The lowest BCUT2D eigenvalue weighted by Gasteiger charge is -2.20. The molecule has 1 aliphatic heterocycles. The van der Waals surface area contributed by atoms with Crippen molar-refractivity contribution in [3.63, 3.8) is 0 Å². The van der Waals surface area contributed by atoms with Crippen LogP contribution < -0.4 is 0 Å². The Morgan fingerprint density at radius 3 is 2.54 bits per heavy atom. The fourth-order valence-electron chi connectivity index (χ4n) is 4.38. The minimum atomic E-state index is 0.943. The highest BCUT2D eigenvalue weighted by Gasteiger charge is 2.26. The SMILES string of the molecule is c1ccc2cc3c(cc2c1)-c1nccc2nc4c5ccccc5n-3c4n12. The first-order valence-electron chi connectivity index (χ1n) is 8.70. The lowest BCUT2D eigenvalue weighted by Crippen LogP contribution is -2.09. The van der Waals surface area contributed by atoms with E-state index < -0.39 is 0 Å². The zero-order valence-electron chi connectivity index (χ0n) is 13.7. The molecule has 6 aromatic rings. The van der Waals surface area contributed by atoms with Crippen molar-refractivity contribution >= 4 is 38.5 Å². The van der Waals surface area contributed by atoms with Gasteiger partial charge in [0.1, 0.15) is 17.0 Å². The third kappa shape index (κ3) is 1.31. The van der Waals surface area contributed by atoms with Gasteiger partial charge in [0.05, 0.1) is 11.2 Å². The number of rotatable bonds is 0. The Morgan fingerprint density at radius 2 is 1.62 bits per heavy atom. The third-order valence-corrected chi connectivity index (χ3v) is 5.47. The molecule has 26 heavy (non-hydrogen) atoms. The third-order valence-electron chi connectivity index (χ3n) is 5.47. The lowest BCUT2D eigenvalue weighted by atomic mass is 10.0. The fourth-order valence-corrected chi connectivity index (χ4v) is 4.38. The number of nitrogens with zero attached hydrogens (tertiary/aromatic N) is 4. The van der Waals surface area contributed by atoms with Crippen molar-refractivity contribution < 1.29 is 0 Å².